The van der Waals surface area contributed by atoms with Crippen molar-refractivity contribution in [2.24, 2.45) is 11.1 Å². The molecule has 2 rings (SSSR count). The van der Waals surface area contributed by atoms with Crippen molar-refractivity contribution < 1.29 is 23.7 Å². The van der Waals surface area contributed by atoms with E-state index in [-0.39, 0.29) is 43.5 Å². The highest BCUT2D eigenvalue weighted by Crippen LogP contribution is 2.42. The Bertz CT molecular complexity index is 383. The van der Waals surface area contributed by atoms with Crippen LogP contribution in [0, 0.1) is 5.92 Å². The van der Waals surface area contributed by atoms with E-state index < -0.39 is 11.6 Å². The van der Waals surface area contributed by atoms with Crippen molar-refractivity contribution in [2.45, 2.75) is 25.4 Å². The van der Waals surface area contributed by atoms with Gasteiger partial charge in [-0.3, -0.25) is 4.79 Å². The van der Waals surface area contributed by atoms with Crippen LogP contribution in [0.3, 0.4) is 0 Å². The molecule has 0 amide bonds. The molecule has 1 heterocycles. The Morgan fingerprint density at radius 1 is 1.71 bits per heavy atom. The molecule has 0 saturated heterocycles. The van der Waals surface area contributed by atoms with Crippen LogP contribution in [-0.4, -0.2) is 36.3 Å². The lowest BCUT2D eigenvalue weighted by Gasteiger charge is -2.24. The second kappa shape index (κ2) is 4.70. The van der Waals surface area contributed by atoms with Gasteiger partial charge in [0.1, 0.15) is 5.78 Å². The van der Waals surface area contributed by atoms with Gasteiger partial charge in [0.2, 0.25) is 0 Å². The van der Waals surface area contributed by atoms with Gasteiger partial charge in [0.05, 0.1) is 25.6 Å². The smallest absolute Gasteiger partial charge is 0.356 e. The van der Waals surface area contributed by atoms with Crippen molar-refractivity contribution in [3.05, 3.63) is 0 Å². The molecule has 1 unspecified atom stereocenters. The van der Waals surface area contributed by atoms with Crippen LogP contribution in [-0.2, 0) is 23.7 Å². The van der Waals surface area contributed by atoms with Crippen LogP contribution in [0.1, 0.15) is 19.8 Å². The summed E-state index contributed by atoms with van der Waals surface area (Å²) in [5, 5.41) is 3.76. The monoisotopic (exact) mass is 259 g/mol. The van der Waals surface area contributed by atoms with E-state index in [4.69, 9.17) is 14.1 Å². The minimum Gasteiger partial charge on any atom is -0.461 e. The first-order chi connectivity index (χ1) is 8.13. The summed E-state index contributed by atoms with van der Waals surface area (Å²) < 4.78 is 9.87. The average Bonchev–Trinajstić information content (AvgIpc) is 2.72. The maximum atomic E-state index is 11.7. The van der Waals surface area contributed by atoms with E-state index in [0.29, 0.717) is 0 Å². The van der Waals surface area contributed by atoms with Gasteiger partial charge in [0.15, 0.2) is 11.3 Å². The van der Waals surface area contributed by atoms with Gasteiger partial charge in [0.25, 0.3) is 0 Å². The molecule has 0 N–H and O–H groups in total. The van der Waals surface area contributed by atoms with E-state index in [0.717, 1.165) is 0 Å². The normalized spacial score (nSPS) is 30.8. The van der Waals surface area contributed by atoms with E-state index in [1.54, 1.807) is 6.92 Å². The summed E-state index contributed by atoms with van der Waals surface area (Å²) in [6.45, 7) is 2.19. The number of Topliss-reactive ketones (excluding diaryl/α,β-unsaturated/α-hetero) is 1. The molecule has 1 fully saturated rings. The molecule has 6 nitrogen and oxygen atoms in total. The third-order valence-corrected chi connectivity index (χ3v) is 3.20. The molecule has 1 saturated carbocycles. The molecule has 0 aromatic rings. The first-order valence-electron chi connectivity index (χ1n) is 5.39. The van der Waals surface area contributed by atoms with E-state index in [1.807, 2.05) is 0 Å². The first-order valence-corrected chi connectivity index (χ1v) is 5.86. The fourth-order valence-electron chi connectivity index (χ4n) is 2.29. The maximum Gasteiger partial charge on any atom is 0.356 e. The number of oxime groups is 1. The Kier molecular flexibility index (Phi) is 3.45. The van der Waals surface area contributed by atoms with E-state index in [9.17, 15) is 9.59 Å². The number of hydrogen-bond acceptors (Lipinski definition) is 6. The molecule has 0 radical (unpaired) electrons. The van der Waals surface area contributed by atoms with Crippen molar-refractivity contribution in [3.8, 4) is 0 Å². The third-order valence-electron chi connectivity index (χ3n) is 3.03. The van der Waals surface area contributed by atoms with E-state index in [2.05, 4.69) is 14.6 Å². The highest BCUT2D eigenvalue weighted by Gasteiger charge is 2.57. The number of carbonyl (C=O) groups excluding carboxylic acids is 2. The summed E-state index contributed by atoms with van der Waals surface area (Å²) in [5.74, 6) is -0.818. The van der Waals surface area contributed by atoms with Crippen LogP contribution in [0.25, 0.3) is 0 Å². The molecule has 0 aromatic heterocycles. The Morgan fingerprint density at radius 3 is 3.12 bits per heavy atom. The molecule has 1 aliphatic carbocycles. The molecule has 0 bridgehead atoms. The summed E-state index contributed by atoms with van der Waals surface area (Å²) >= 11 is 0. The quantitative estimate of drug-likeness (QED) is 0.541. The van der Waals surface area contributed by atoms with E-state index in [1.165, 1.54) is 0 Å². The van der Waals surface area contributed by atoms with Crippen LogP contribution in [0.2, 0.25) is 0 Å². The zero-order valence-electron chi connectivity index (χ0n) is 9.47. The van der Waals surface area contributed by atoms with Gasteiger partial charge >= 0.3 is 5.97 Å². The first kappa shape index (κ1) is 12.5. The molecular weight excluding hydrogens is 245 g/mol. The van der Waals surface area contributed by atoms with Crippen molar-refractivity contribution in [3.63, 3.8) is 0 Å². The Labute approximate surface area is 101 Å². The topological polar surface area (TPSA) is 74.2 Å². The molecule has 17 heavy (non-hydrogen) atoms. The Morgan fingerprint density at radius 2 is 2.47 bits per heavy atom. The van der Waals surface area contributed by atoms with Crippen LogP contribution in [0.15, 0.2) is 5.16 Å². The zero-order valence-corrected chi connectivity index (χ0v) is 10.6. The number of esters is 1. The summed E-state index contributed by atoms with van der Waals surface area (Å²) in [6.07, 6.45) is 0.476. The fourth-order valence-corrected chi connectivity index (χ4v) is 2.57. The van der Waals surface area contributed by atoms with Crippen molar-refractivity contribution in [2.75, 3.05) is 13.2 Å². The molecule has 1 aliphatic heterocycles. The van der Waals surface area contributed by atoms with Gasteiger partial charge in [-0.25, -0.2) is 4.79 Å². The van der Waals surface area contributed by atoms with Gasteiger partial charge in [-0.15, -0.1) is 0 Å². The standard InChI is InChI=1S/C10H14NO5P/c1-2-14-9(13)8-7-3-6(12)4-10(7,5-15-17)16-11-8/h7H,2-5,17H2,1H3/t7-,10+/m1/s1. The maximum absolute atomic E-state index is 11.7. The van der Waals surface area contributed by atoms with Gasteiger partial charge in [-0.2, -0.15) is 0 Å². The summed E-state index contributed by atoms with van der Waals surface area (Å²) in [4.78, 5) is 28.4. The molecule has 0 aromatic carbocycles. The highest BCUT2D eigenvalue weighted by atomic mass is 31.0. The van der Waals surface area contributed by atoms with Crippen LogP contribution in [0.4, 0.5) is 0 Å². The van der Waals surface area contributed by atoms with E-state index >= 15 is 0 Å². The Hall–Kier alpha value is -1.00. The second-order valence-corrected chi connectivity index (χ2v) is 4.47. The largest absolute Gasteiger partial charge is 0.461 e. The van der Waals surface area contributed by atoms with Crippen LogP contribution >= 0.6 is 9.47 Å². The SMILES string of the molecule is CCOC(=O)C1=NO[C@]2(COP)CC(=O)C[C@H]12. The number of hydrogen-bond donors (Lipinski definition) is 0. The zero-order chi connectivity index (χ0) is 12.5. The number of nitrogens with zero attached hydrogens (tertiary/aromatic N) is 1. The highest BCUT2D eigenvalue weighted by molar-refractivity contribution is 7.09. The van der Waals surface area contributed by atoms with Crippen molar-refractivity contribution in [1.29, 1.82) is 0 Å². The van der Waals surface area contributed by atoms with Crippen LogP contribution < -0.4 is 0 Å². The predicted octanol–water partition coefficient (Wildman–Crippen LogP) is 0.460. The lowest BCUT2D eigenvalue weighted by molar-refractivity contribution is -0.135. The number of rotatable bonds is 4. The predicted molar refractivity (Wildman–Crippen MR) is 61.3 cm³/mol. The van der Waals surface area contributed by atoms with Crippen LogP contribution in [0.5, 0.6) is 0 Å². The molecule has 7 heteroatoms. The summed E-state index contributed by atoms with van der Waals surface area (Å²) in [5.41, 5.74) is -0.624. The molecule has 94 valence electrons. The molecule has 0 spiro atoms. The number of ketones is 1. The third kappa shape index (κ3) is 2.07. The second-order valence-electron chi connectivity index (χ2n) is 4.14. The number of ether oxygens (including phenoxy) is 1. The minimum atomic E-state index is -0.819. The summed E-state index contributed by atoms with van der Waals surface area (Å²) in [7, 11) is 2.11. The van der Waals surface area contributed by atoms with Crippen molar-refractivity contribution in [1.82, 2.24) is 0 Å². The lowest BCUT2D eigenvalue weighted by Crippen LogP contribution is -2.40. The minimum absolute atomic E-state index is 0.0498. The fraction of sp³-hybridized carbons (Fsp3) is 0.700. The van der Waals surface area contributed by atoms with Gasteiger partial charge < -0.3 is 14.1 Å². The van der Waals surface area contributed by atoms with Gasteiger partial charge in [-0.05, 0) is 6.92 Å². The van der Waals surface area contributed by atoms with Gasteiger partial charge in [0, 0.05) is 15.9 Å². The summed E-state index contributed by atoms with van der Waals surface area (Å²) in [6, 6.07) is 0. The Balaban J connectivity index is 2.18. The average molecular weight is 259 g/mol. The molecular formula is C10H14NO5P. The number of fused-ring (bicyclic) bond motifs is 1. The molecule has 3 atom stereocenters. The van der Waals surface area contributed by atoms with Crippen molar-refractivity contribution >= 4 is 26.9 Å². The number of carbonyl (C=O) groups is 2. The lowest BCUT2D eigenvalue weighted by atomic mass is 9.88. The van der Waals surface area contributed by atoms with Gasteiger partial charge in [-0.1, -0.05) is 5.16 Å². The molecule has 2 aliphatic rings.